The number of amides is 1. The Hall–Kier alpha value is -1.55. The summed E-state index contributed by atoms with van der Waals surface area (Å²) < 4.78 is 5.74. The first-order chi connectivity index (χ1) is 10.4. The Bertz CT molecular complexity index is 508. The van der Waals surface area contributed by atoms with Gasteiger partial charge in [-0.1, -0.05) is 32.9 Å². The molecule has 0 radical (unpaired) electrons. The topological polar surface area (TPSA) is 64.3 Å². The lowest BCUT2D eigenvalue weighted by Gasteiger charge is -2.19. The number of benzene rings is 1. The summed E-state index contributed by atoms with van der Waals surface area (Å²) in [5.41, 5.74) is 7.19. The summed E-state index contributed by atoms with van der Waals surface area (Å²) in [6.45, 7) is 7.55. The minimum Gasteiger partial charge on any atom is -0.492 e. The molecule has 0 bridgehead atoms. The Morgan fingerprint density at radius 1 is 1.36 bits per heavy atom. The van der Waals surface area contributed by atoms with Crippen molar-refractivity contribution >= 4 is 5.91 Å². The maximum absolute atomic E-state index is 12.0. The van der Waals surface area contributed by atoms with Crippen molar-refractivity contribution in [2.24, 2.45) is 11.7 Å². The molecule has 1 aliphatic carbocycles. The van der Waals surface area contributed by atoms with Gasteiger partial charge in [0.1, 0.15) is 12.4 Å². The summed E-state index contributed by atoms with van der Waals surface area (Å²) in [5.74, 6) is 1.05. The molecule has 0 aliphatic heterocycles. The largest absolute Gasteiger partial charge is 0.492 e. The lowest BCUT2D eigenvalue weighted by atomic mass is 9.87. The number of ether oxygens (including phenoxy) is 1. The highest BCUT2D eigenvalue weighted by molar-refractivity contribution is 5.78. The molecule has 4 nitrogen and oxygen atoms in total. The lowest BCUT2D eigenvalue weighted by molar-refractivity contribution is -0.124. The zero-order valence-corrected chi connectivity index (χ0v) is 13.9. The highest BCUT2D eigenvalue weighted by atomic mass is 16.5. The zero-order chi connectivity index (χ0) is 16.2. The van der Waals surface area contributed by atoms with Gasteiger partial charge in [0.15, 0.2) is 0 Å². The van der Waals surface area contributed by atoms with Crippen LogP contribution in [0.1, 0.15) is 45.6 Å². The quantitative estimate of drug-likeness (QED) is 0.822. The summed E-state index contributed by atoms with van der Waals surface area (Å²) in [7, 11) is 0. The van der Waals surface area contributed by atoms with Crippen molar-refractivity contribution in [1.29, 1.82) is 0 Å². The van der Waals surface area contributed by atoms with Crippen LogP contribution in [-0.4, -0.2) is 25.1 Å². The molecule has 2 atom stereocenters. The van der Waals surface area contributed by atoms with E-state index in [2.05, 4.69) is 38.2 Å². The van der Waals surface area contributed by atoms with Crippen LogP contribution in [0, 0.1) is 5.92 Å². The third-order valence-electron chi connectivity index (χ3n) is 4.21. The molecule has 2 unspecified atom stereocenters. The predicted molar refractivity (Wildman–Crippen MR) is 89.0 cm³/mol. The maximum Gasteiger partial charge on any atom is 0.223 e. The Morgan fingerprint density at radius 2 is 2.14 bits per heavy atom. The van der Waals surface area contributed by atoms with Crippen LogP contribution in [-0.2, 0) is 10.2 Å². The van der Waals surface area contributed by atoms with Crippen LogP contribution in [0.15, 0.2) is 24.3 Å². The number of nitrogens with two attached hydrogens (primary N) is 1. The van der Waals surface area contributed by atoms with Crippen molar-refractivity contribution in [3.8, 4) is 5.75 Å². The van der Waals surface area contributed by atoms with E-state index in [1.807, 2.05) is 12.1 Å². The predicted octanol–water partition coefficient (Wildman–Crippen LogP) is 2.61. The molecule has 2 rings (SSSR count). The number of rotatable bonds is 5. The molecule has 0 heterocycles. The van der Waals surface area contributed by atoms with Crippen molar-refractivity contribution in [3.05, 3.63) is 29.8 Å². The minimum absolute atomic E-state index is 0.0826. The van der Waals surface area contributed by atoms with Gasteiger partial charge >= 0.3 is 0 Å². The monoisotopic (exact) mass is 304 g/mol. The Morgan fingerprint density at radius 3 is 2.77 bits per heavy atom. The summed E-state index contributed by atoms with van der Waals surface area (Å²) in [5, 5.41) is 2.94. The van der Waals surface area contributed by atoms with E-state index in [-0.39, 0.29) is 23.3 Å². The zero-order valence-electron chi connectivity index (χ0n) is 13.9. The first-order valence-corrected chi connectivity index (χ1v) is 8.13. The lowest BCUT2D eigenvalue weighted by Crippen LogP contribution is -2.33. The normalized spacial score (nSPS) is 21.6. The molecule has 1 saturated carbocycles. The van der Waals surface area contributed by atoms with Crippen molar-refractivity contribution in [2.45, 2.75) is 51.5 Å². The first-order valence-electron chi connectivity index (χ1n) is 8.13. The Kier molecular flexibility index (Phi) is 5.46. The van der Waals surface area contributed by atoms with Gasteiger partial charge in [-0.05, 0) is 42.4 Å². The second-order valence-electron chi connectivity index (χ2n) is 7.19. The molecule has 4 heteroatoms. The molecule has 1 fully saturated rings. The van der Waals surface area contributed by atoms with Crippen LogP contribution in [0.2, 0.25) is 0 Å². The third-order valence-corrected chi connectivity index (χ3v) is 4.21. The summed E-state index contributed by atoms with van der Waals surface area (Å²) in [4.78, 5) is 12.0. The second-order valence-corrected chi connectivity index (χ2v) is 7.19. The van der Waals surface area contributed by atoms with Gasteiger partial charge in [0, 0.05) is 12.0 Å². The fourth-order valence-electron chi connectivity index (χ4n) is 2.79. The van der Waals surface area contributed by atoms with E-state index in [9.17, 15) is 4.79 Å². The van der Waals surface area contributed by atoms with E-state index in [1.54, 1.807) is 0 Å². The minimum atomic E-state index is 0.0826. The molecule has 122 valence electrons. The van der Waals surface area contributed by atoms with E-state index in [0.29, 0.717) is 13.2 Å². The number of hydrogen-bond acceptors (Lipinski definition) is 3. The van der Waals surface area contributed by atoms with Crippen LogP contribution in [0.3, 0.4) is 0 Å². The molecule has 0 spiro atoms. The van der Waals surface area contributed by atoms with Gasteiger partial charge in [-0.3, -0.25) is 4.79 Å². The van der Waals surface area contributed by atoms with Crippen LogP contribution < -0.4 is 15.8 Å². The van der Waals surface area contributed by atoms with Crippen molar-refractivity contribution in [1.82, 2.24) is 5.32 Å². The van der Waals surface area contributed by atoms with Gasteiger partial charge in [-0.25, -0.2) is 0 Å². The third kappa shape index (κ3) is 4.73. The summed E-state index contributed by atoms with van der Waals surface area (Å²) in [6, 6.07) is 8.32. The van der Waals surface area contributed by atoms with Gasteiger partial charge in [0.2, 0.25) is 5.91 Å². The van der Waals surface area contributed by atoms with E-state index >= 15 is 0 Å². The maximum atomic E-state index is 12.0. The standard InChI is InChI=1S/C18H28N2O2/c1-18(2,3)14-5-4-6-16(12-14)22-10-9-20-17(21)13-7-8-15(19)11-13/h4-6,12-13,15H,7-11,19H2,1-3H3,(H,20,21). The van der Waals surface area contributed by atoms with E-state index < -0.39 is 0 Å². The Balaban J connectivity index is 1.74. The fourth-order valence-corrected chi connectivity index (χ4v) is 2.79. The SMILES string of the molecule is CC(C)(C)c1cccc(OCCNC(=O)C2CCC(N)C2)c1. The van der Waals surface area contributed by atoms with Gasteiger partial charge in [0.25, 0.3) is 0 Å². The number of carbonyl (C=O) groups excluding carboxylic acids is 1. The van der Waals surface area contributed by atoms with Gasteiger partial charge in [0.05, 0.1) is 6.54 Å². The molecule has 0 aromatic heterocycles. The van der Waals surface area contributed by atoms with E-state index in [0.717, 1.165) is 25.0 Å². The second kappa shape index (κ2) is 7.14. The average molecular weight is 304 g/mol. The van der Waals surface area contributed by atoms with E-state index in [4.69, 9.17) is 10.5 Å². The molecule has 0 saturated heterocycles. The van der Waals surface area contributed by atoms with E-state index in [1.165, 1.54) is 5.56 Å². The molecular weight excluding hydrogens is 276 g/mol. The number of hydrogen-bond donors (Lipinski definition) is 2. The van der Waals surface area contributed by atoms with Gasteiger partial charge in [-0.15, -0.1) is 0 Å². The van der Waals surface area contributed by atoms with Crippen LogP contribution in [0.25, 0.3) is 0 Å². The van der Waals surface area contributed by atoms with Crippen molar-refractivity contribution < 1.29 is 9.53 Å². The molecule has 3 N–H and O–H groups in total. The fraction of sp³-hybridized carbons (Fsp3) is 0.611. The molecule has 1 aromatic rings. The van der Waals surface area contributed by atoms with Gasteiger partial charge < -0.3 is 15.8 Å². The van der Waals surface area contributed by atoms with Crippen molar-refractivity contribution in [2.75, 3.05) is 13.2 Å². The molecular formula is C18H28N2O2. The van der Waals surface area contributed by atoms with Crippen LogP contribution in [0.5, 0.6) is 5.75 Å². The summed E-state index contributed by atoms with van der Waals surface area (Å²) in [6.07, 6.45) is 2.66. The van der Waals surface area contributed by atoms with Gasteiger partial charge in [-0.2, -0.15) is 0 Å². The van der Waals surface area contributed by atoms with Crippen LogP contribution in [0.4, 0.5) is 0 Å². The molecule has 1 aromatic carbocycles. The molecule has 1 amide bonds. The molecule has 1 aliphatic rings. The summed E-state index contributed by atoms with van der Waals surface area (Å²) >= 11 is 0. The highest BCUT2D eigenvalue weighted by Gasteiger charge is 2.27. The smallest absolute Gasteiger partial charge is 0.223 e. The number of carbonyl (C=O) groups is 1. The molecule has 22 heavy (non-hydrogen) atoms. The van der Waals surface area contributed by atoms with Crippen LogP contribution >= 0.6 is 0 Å². The Labute approximate surface area is 133 Å². The highest BCUT2D eigenvalue weighted by Crippen LogP contribution is 2.26. The van der Waals surface area contributed by atoms with Crippen molar-refractivity contribution in [3.63, 3.8) is 0 Å². The number of nitrogens with one attached hydrogen (secondary N) is 1. The first kappa shape index (κ1) is 16.8. The average Bonchev–Trinajstić information content (AvgIpc) is 2.89.